The van der Waals surface area contributed by atoms with E-state index < -0.39 is 11.7 Å². The Morgan fingerprint density at radius 2 is 1.83 bits per heavy atom. The zero-order chi connectivity index (χ0) is 18.6. The lowest BCUT2D eigenvalue weighted by atomic mass is 10.2. The molecule has 0 unspecified atom stereocenters. The van der Waals surface area contributed by atoms with Gasteiger partial charge < -0.3 is 4.74 Å². The van der Waals surface area contributed by atoms with Gasteiger partial charge in [0, 0.05) is 0 Å². The maximum Gasteiger partial charge on any atom is 0.416 e. The van der Waals surface area contributed by atoms with E-state index in [-0.39, 0.29) is 6.54 Å². The normalized spacial score (nSPS) is 9.30. The molecule has 4 nitrogen and oxygen atoms in total. The number of amides is 1. The van der Waals surface area contributed by atoms with Crippen molar-refractivity contribution in [2.45, 2.75) is 67.9 Å². The van der Waals surface area contributed by atoms with Gasteiger partial charge in [-0.3, -0.25) is 4.90 Å². The molecule has 6 heteroatoms. The number of aryl methyl sites for hydroxylation is 1. The van der Waals surface area contributed by atoms with Gasteiger partial charge in [0.1, 0.15) is 10.6 Å². The minimum atomic E-state index is -0.558. The number of carbonyl (C=O) groups is 1. The third-order valence-electron chi connectivity index (χ3n) is 2.02. The van der Waals surface area contributed by atoms with E-state index in [4.69, 9.17) is 16.3 Å². The summed E-state index contributed by atoms with van der Waals surface area (Å²) in [6.07, 6.45) is -0.446. The Hall–Kier alpha value is -1.25. The van der Waals surface area contributed by atoms with Crippen molar-refractivity contribution in [2.75, 3.05) is 11.4 Å². The summed E-state index contributed by atoms with van der Waals surface area (Å²) in [6, 6.07) is 0. The van der Waals surface area contributed by atoms with Crippen LogP contribution in [0.25, 0.3) is 0 Å². The van der Waals surface area contributed by atoms with Crippen molar-refractivity contribution in [3.8, 4) is 11.8 Å². The molecule has 1 amide bonds. The molecule has 0 aliphatic heterocycles. The number of nitrogens with zero attached hydrogens (tertiary/aromatic N) is 2. The molecular weight excluding hydrogens is 332 g/mol. The molecule has 23 heavy (non-hydrogen) atoms. The summed E-state index contributed by atoms with van der Waals surface area (Å²) < 4.78 is 5.76. The van der Waals surface area contributed by atoms with E-state index in [1.54, 1.807) is 13.8 Å². The zero-order valence-corrected chi connectivity index (χ0v) is 17.3. The van der Waals surface area contributed by atoms with Crippen LogP contribution in [0.15, 0.2) is 0 Å². The Labute approximate surface area is 150 Å². The average molecular weight is 361 g/mol. The van der Waals surface area contributed by atoms with Crippen LogP contribution in [-0.2, 0) is 4.74 Å². The second-order valence-electron chi connectivity index (χ2n) is 4.85. The summed E-state index contributed by atoms with van der Waals surface area (Å²) in [7, 11) is 0. The summed E-state index contributed by atoms with van der Waals surface area (Å²) in [5.74, 6) is 5.62. The third-order valence-corrected chi connectivity index (χ3v) is 3.30. The smallest absolute Gasteiger partial charge is 0.416 e. The fourth-order valence-corrected chi connectivity index (χ4v) is 2.43. The van der Waals surface area contributed by atoms with Gasteiger partial charge in [-0.25, -0.2) is 9.78 Å². The van der Waals surface area contributed by atoms with Crippen molar-refractivity contribution < 1.29 is 9.53 Å². The molecule has 0 saturated carbocycles. The number of aromatic nitrogens is 1. The monoisotopic (exact) mass is 360 g/mol. The van der Waals surface area contributed by atoms with Crippen LogP contribution in [-0.4, -0.2) is 23.2 Å². The van der Waals surface area contributed by atoms with E-state index in [1.165, 1.54) is 16.2 Å². The van der Waals surface area contributed by atoms with Gasteiger partial charge in [0.2, 0.25) is 0 Å². The molecule has 0 aliphatic rings. The van der Waals surface area contributed by atoms with Crippen molar-refractivity contribution in [1.82, 2.24) is 4.98 Å². The van der Waals surface area contributed by atoms with Crippen LogP contribution in [0.4, 0.5) is 9.80 Å². The molecular formula is C17H29ClN2O2S. The average Bonchev–Trinajstić information content (AvgIpc) is 2.80. The van der Waals surface area contributed by atoms with E-state index in [0.29, 0.717) is 15.2 Å². The molecule has 0 N–H and O–H groups in total. The predicted octanol–water partition coefficient (Wildman–Crippen LogP) is 5.92. The summed E-state index contributed by atoms with van der Waals surface area (Å²) in [4.78, 5) is 17.8. The highest BCUT2D eigenvalue weighted by Crippen LogP contribution is 2.31. The molecule has 132 valence electrons. The Balaban J connectivity index is 0. The predicted molar refractivity (Wildman–Crippen MR) is 102 cm³/mol. The van der Waals surface area contributed by atoms with Crippen LogP contribution >= 0.6 is 22.9 Å². The van der Waals surface area contributed by atoms with Gasteiger partial charge in [-0.15, -0.1) is 5.92 Å². The van der Waals surface area contributed by atoms with Crippen molar-refractivity contribution >= 4 is 34.0 Å². The Kier molecular flexibility index (Phi) is 12.7. The lowest BCUT2D eigenvalue weighted by Gasteiger charge is -2.25. The second kappa shape index (κ2) is 12.2. The topological polar surface area (TPSA) is 42.4 Å². The number of thiazole rings is 1. The van der Waals surface area contributed by atoms with Crippen molar-refractivity contribution in [3.05, 3.63) is 10.2 Å². The highest BCUT2D eigenvalue weighted by Gasteiger charge is 2.25. The number of anilines is 1. The first-order chi connectivity index (χ1) is 10.7. The maximum atomic E-state index is 12.2. The zero-order valence-electron chi connectivity index (χ0n) is 15.7. The fraction of sp³-hybridized carbons (Fsp3) is 0.647. The third kappa shape index (κ3) is 9.47. The number of halogens is 1. The quantitative estimate of drug-likeness (QED) is 0.614. The number of carbonyl (C=O) groups excluding carboxylic acids is 1. The molecule has 1 heterocycles. The van der Waals surface area contributed by atoms with Gasteiger partial charge in [-0.2, -0.15) is 0 Å². The minimum Gasteiger partial charge on any atom is -0.443 e. The molecule has 1 aromatic rings. The van der Waals surface area contributed by atoms with Crippen LogP contribution in [0.2, 0.25) is 4.47 Å². The summed E-state index contributed by atoms with van der Waals surface area (Å²) in [5.41, 5.74) is 0.135. The van der Waals surface area contributed by atoms with Crippen molar-refractivity contribution in [3.63, 3.8) is 0 Å². The summed E-state index contributed by atoms with van der Waals surface area (Å²) >= 11 is 7.11. The van der Waals surface area contributed by atoms with Crippen LogP contribution in [0.1, 0.15) is 61.1 Å². The first-order valence-corrected chi connectivity index (χ1v) is 8.97. The van der Waals surface area contributed by atoms with Gasteiger partial charge in [0.05, 0.1) is 12.2 Å². The largest absolute Gasteiger partial charge is 0.443 e. The summed E-state index contributed by atoms with van der Waals surface area (Å²) in [6.45, 7) is 17.2. The van der Waals surface area contributed by atoms with E-state index in [9.17, 15) is 4.79 Å². The minimum absolute atomic E-state index is 0.255. The van der Waals surface area contributed by atoms with Gasteiger partial charge in [-0.05, 0) is 34.6 Å². The Bertz CT molecular complexity index is 525. The van der Waals surface area contributed by atoms with Gasteiger partial charge in [0.15, 0.2) is 4.47 Å². The van der Waals surface area contributed by atoms with Gasteiger partial charge in [0.25, 0.3) is 0 Å². The molecule has 0 atom stereocenters. The summed E-state index contributed by atoms with van der Waals surface area (Å²) in [5, 5.41) is 0.669. The molecule has 0 aliphatic carbocycles. The first kappa shape index (κ1) is 24.0. The molecule has 1 rings (SSSR count). The number of rotatable bonds is 2. The van der Waals surface area contributed by atoms with Crippen LogP contribution in [0.3, 0.4) is 0 Å². The van der Waals surface area contributed by atoms with Crippen LogP contribution < -0.4 is 4.90 Å². The molecule has 1 aromatic heterocycles. The Morgan fingerprint density at radius 1 is 1.30 bits per heavy atom. The molecule has 0 radical (unpaired) electrons. The van der Waals surface area contributed by atoms with E-state index in [1.807, 2.05) is 48.5 Å². The molecule has 0 bridgehead atoms. The number of hydrogen-bond donors (Lipinski definition) is 0. The molecule has 0 aromatic carbocycles. The molecule has 0 saturated heterocycles. The van der Waals surface area contributed by atoms with E-state index in [2.05, 4.69) is 16.8 Å². The first-order valence-electron chi connectivity index (χ1n) is 7.77. The molecule has 0 fully saturated rings. The van der Waals surface area contributed by atoms with Gasteiger partial charge in [-0.1, -0.05) is 56.6 Å². The Morgan fingerprint density at radius 3 is 2.17 bits per heavy atom. The van der Waals surface area contributed by atoms with Crippen molar-refractivity contribution in [1.29, 1.82) is 0 Å². The standard InChI is InChI=1S/C13H17ClN2O2S.2C2H6/c1-6-7-8-16(12(17)18-13(3,4)5)10-9(2)15-11(14)19-10;2*1-2/h8H2,1-5H3;2*1-2H3. The highest BCUT2D eigenvalue weighted by atomic mass is 35.5. The van der Waals surface area contributed by atoms with Crippen LogP contribution in [0, 0.1) is 18.8 Å². The lowest BCUT2D eigenvalue weighted by molar-refractivity contribution is 0.0585. The second-order valence-corrected chi connectivity index (χ2v) is 6.41. The van der Waals surface area contributed by atoms with Crippen LogP contribution in [0.5, 0.6) is 0 Å². The SMILES string of the molecule is CC.CC.CC#CCN(C(=O)OC(C)(C)C)c1sc(Cl)nc1C. The van der Waals surface area contributed by atoms with Crippen molar-refractivity contribution in [2.24, 2.45) is 0 Å². The van der Waals surface area contributed by atoms with Gasteiger partial charge >= 0.3 is 6.09 Å². The van der Waals surface area contributed by atoms with E-state index in [0.717, 1.165) is 0 Å². The lowest BCUT2D eigenvalue weighted by Crippen LogP contribution is -2.37. The molecule has 0 spiro atoms. The number of ether oxygens (including phenoxy) is 1. The number of hydrogen-bond acceptors (Lipinski definition) is 4. The van der Waals surface area contributed by atoms with E-state index >= 15 is 0 Å². The fourth-order valence-electron chi connectivity index (χ4n) is 1.30. The maximum absolute atomic E-state index is 12.2. The highest BCUT2D eigenvalue weighted by molar-refractivity contribution is 7.19.